The second-order valence-corrected chi connectivity index (χ2v) is 8.29. The predicted octanol–water partition coefficient (Wildman–Crippen LogP) is 4.22. The van der Waals surface area contributed by atoms with Crippen LogP contribution >= 0.6 is 0 Å². The van der Waals surface area contributed by atoms with Crippen molar-refractivity contribution in [3.05, 3.63) is 75.4 Å². The molecule has 0 saturated heterocycles. The van der Waals surface area contributed by atoms with E-state index in [4.69, 9.17) is 9.15 Å². The van der Waals surface area contributed by atoms with Crippen LogP contribution in [0, 0.1) is 5.82 Å². The molecular weight excluding hydrogens is 411 g/mol. The van der Waals surface area contributed by atoms with Gasteiger partial charge in [0, 0.05) is 13.1 Å². The molecule has 1 unspecified atom stereocenters. The maximum absolute atomic E-state index is 13.9. The lowest BCUT2D eigenvalue weighted by Crippen LogP contribution is -2.35. The zero-order chi connectivity index (χ0) is 22.8. The molecule has 0 fully saturated rings. The number of nitrogens with zero attached hydrogens (tertiary/aromatic N) is 2. The van der Waals surface area contributed by atoms with Crippen molar-refractivity contribution in [2.45, 2.75) is 25.8 Å². The smallest absolute Gasteiger partial charge is 0.290 e. The molecule has 0 saturated carbocycles. The fraction of sp³-hybridized carbons (Fsp3) is 0.360. The van der Waals surface area contributed by atoms with Crippen molar-refractivity contribution in [1.29, 1.82) is 0 Å². The highest BCUT2D eigenvalue weighted by Gasteiger charge is 2.42. The third kappa shape index (κ3) is 4.12. The summed E-state index contributed by atoms with van der Waals surface area (Å²) in [5.41, 5.74) is 0.822. The summed E-state index contributed by atoms with van der Waals surface area (Å²) in [6.45, 7) is 3.71. The van der Waals surface area contributed by atoms with Gasteiger partial charge in [-0.25, -0.2) is 4.39 Å². The van der Waals surface area contributed by atoms with Gasteiger partial charge in [0.2, 0.25) is 5.76 Å². The Morgan fingerprint density at radius 1 is 1.16 bits per heavy atom. The Bertz CT molecular complexity index is 1200. The van der Waals surface area contributed by atoms with Crippen LogP contribution in [-0.4, -0.2) is 49.5 Å². The van der Waals surface area contributed by atoms with E-state index in [1.54, 1.807) is 4.90 Å². The van der Waals surface area contributed by atoms with Gasteiger partial charge in [0.1, 0.15) is 17.1 Å². The van der Waals surface area contributed by atoms with Gasteiger partial charge in [0.05, 0.1) is 23.6 Å². The summed E-state index contributed by atoms with van der Waals surface area (Å²) in [5.74, 6) is -0.162. The van der Waals surface area contributed by atoms with Crippen molar-refractivity contribution < 1.29 is 18.3 Å². The molecule has 1 aliphatic rings. The molecule has 4 rings (SSSR count). The van der Waals surface area contributed by atoms with Gasteiger partial charge in [-0.3, -0.25) is 9.59 Å². The van der Waals surface area contributed by atoms with Crippen molar-refractivity contribution in [1.82, 2.24) is 9.80 Å². The molecule has 168 valence electrons. The molecule has 7 heteroatoms. The summed E-state index contributed by atoms with van der Waals surface area (Å²) in [6.07, 6.45) is 1.96. The summed E-state index contributed by atoms with van der Waals surface area (Å²) in [5, 5.41) is 0.131. The normalized spacial score (nSPS) is 15.6. The highest BCUT2D eigenvalue weighted by Crippen LogP contribution is 2.39. The Balaban J connectivity index is 1.84. The first kappa shape index (κ1) is 22.0. The topological polar surface area (TPSA) is 63.0 Å². The van der Waals surface area contributed by atoms with E-state index in [1.165, 1.54) is 12.1 Å². The van der Waals surface area contributed by atoms with Crippen molar-refractivity contribution >= 4 is 16.9 Å². The molecular formula is C25H27FN2O4. The highest BCUT2D eigenvalue weighted by atomic mass is 19.1. The number of likely N-dealkylation sites (N-methyl/N-ethyl adjacent to an activating group) is 1. The summed E-state index contributed by atoms with van der Waals surface area (Å²) in [6, 6.07) is 10.6. The Labute approximate surface area is 186 Å². The van der Waals surface area contributed by atoms with Gasteiger partial charge < -0.3 is 19.0 Å². The zero-order valence-electron chi connectivity index (χ0n) is 18.6. The number of ether oxygens (including phenoxy) is 1. The summed E-state index contributed by atoms with van der Waals surface area (Å²) >= 11 is 0. The average Bonchev–Trinajstić information content (AvgIpc) is 3.05. The number of rotatable bonds is 8. The first-order valence-corrected chi connectivity index (χ1v) is 10.9. The Morgan fingerprint density at radius 2 is 1.97 bits per heavy atom. The molecule has 2 heterocycles. The maximum Gasteiger partial charge on any atom is 0.290 e. The van der Waals surface area contributed by atoms with Gasteiger partial charge in [-0.2, -0.15) is 0 Å². The van der Waals surface area contributed by atoms with Crippen LogP contribution in [0.15, 0.2) is 51.7 Å². The van der Waals surface area contributed by atoms with Crippen LogP contribution < -0.4 is 10.2 Å². The van der Waals surface area contributed by atoms with Crippen LogP contribution in [-0.2, 0) is 0 Å². The van der Waals surface area contributed by atoms with E-state index in [9.17, 15) is 14.0 Å². The van der Waals surface area contributed by atoms with Gasteiger partial charge in [-0.1, -0.05) is 25.5 Å². The second kappa shape index (κ2) is 9.12. The van der Waals surface area contributed by atoms with Crippen LogP contribution in [0.25, 0.3) is 11.0 Å². The first-order chi connectivity index (χ1) is 15.4. The maximum atomic E-state index is 13.9. The van der Waals surface area contributed by atoms with E-state index in [1.807, 2.05) is 43.3 Å². The average molecular weight is 438 g/mol. The molecule has 3 aromatic rings. The van der Waals surface area contributed by atoms with Crippen molar-refractivity contribution in [2.75, 3.05) is 33.8 Å². The van der Waals surface area contributed by atoms with E-state index in [2.05, 4.69) is 6.92 Å². The summed E-state index contributed by atoms with van der Waals surface area (Å²) in [4.78, 5) is 30.4. The Hall–Kier alpha value is -3.19. The van der Waals surface area contributed by atoms with Gasteiger partial charge >= 0.3 is 0 Å². The second-order valence-electron chi connectivity index (χ2n) is 8.29. The number of unbranched alkanes of at least 4 members (excludes halogenated alkanes) is 1. The van der Waals surface area contributed by atoms with Gasteiger partial charge in [0.25, 0.3) is 5.91 Å². The highest BCUT2D eigenvalue weighted by molar-refractivity contribution is 5.99. The van der Waals surface area contributed by atoms with Crippen molar-refractivity contribution in [3.8, 4) is 5.75 Å². The molecule has 0 spiro atoms. The summed E-state index contributed by atoms with van der Waals surface area (Å²) < 4.78 is 25.6. The lowest BCUT2D eigenvalue weighted by Gasteiger charge is -2.26. The van der Waals surface area contributed by atoms with E-state index >= 15 is 0 Å². The standard InChI is InChI=1S/C25H27FN2O4/c1-4-5-13-31-18-8-6-7-16(14-18)22-21-23(29)19-15-17(26)9-10-20(19)32-24(21)25(30)28(22)12-11-27(2)3/h6-10,14-15,22H,4-5,11-13H2,1-3H3. The molecule has 1 atom stereocenters. The molecule has 0 N–H and O–H groups in total. The quantitative estimate of drug-likeness (QED) is 0.493. The largest absolute Gasteiger partial charge is 0.494 e. The predicted molar refractivity (Wildman–Crippen MR) is 121 cm³/mol. The van der Waals surface area contributed by atoms with Crippen LogP contribution in [0.2, 0.25) is 0 Å². The monoisotopic (exact) mass is 438 g/mol. The number of hydrogen-bond donors (Lipinski definition) is 0. The lowest BCUT2D eigenvalue weighted by molar-refractivity contribution is 0.0716. The number of fused-ring (bicyclic) bond motifs is 2. The first-order valence-electron chi connectivity index (χ1n) is 10.9. The Morgan fingerprint density at radius 3 is 2.72 bits per heavy atom. The SMILES string of the molecule is CCCCOc1cccc(C2c3c(oc4ccc(F)cc4c3=O)C(=O)N2CCN(C)C)c1. The molecule has 32 heavy (non-hydrogen) atoms. The Kier molecular flexibility index (Phi) is 6.28. The molecule has 0 radical (unpaired) electrons. The molecule has 1 amide bonds. The molecule has 0 aliphatic carbocycles. The number of amides is 1. The third-order valence-corrected chi connectivity index (χ3v) is 5.66. The third-order valence-electron chi connectivity index (χ3n) is 5.66. The van der Waals surface area contributed by atoms with Gasteiger partial charge in [-0.05, 0) is 56.4 Å². The van der Waals surface area contributed by atoms with E-state index < -0.39 is 11.9 Å². The van der Waals surface area contributed by atoms with E-state index in [-0.39, 0.29) is 33.6 Å². The van der Waals surface area contributed by atoms with Crippen LogP contribution in [0.5, 0.6) is 5.75 Å². The molecule has 2 aromatic carbocycles. The minimum absolute atomic E-state index is 0.0233. The minimum atomic E-state index is -0.629. The lowest BCUT2D eigenvalue weighted by atomic mass is 9.98. The number of benzene rings is 2. The van der Waals surface area contributed by atoms with E-state index in [0.29, 0.717) is 25.4 Å². The number of carbonyl (C=O) groups is 1. The molecule has 0 bridgehead atoms. The van der Waals surface area contributed by atoms with Gasteiger partial charge in [0.15, 0.2) is 5.43 Å². The minimum Gasteiger partial charge on any atom is -0.494 e. The molecule has 1 aromatic heterocycles. The fourth-order valence-corrected chi connectivity index (χ4v) is 3.99. The summed E-state index contributed by atoms with van der Waals surface area (Å²) in [7, 11) is 3.84. The fourth-order valence-electron chi connectivity index (χ4n) is 3.99. The van der Waals surface area contributed by atoms with Crippen LogP contribution in [0.4, 0.5) is 4.39 Å². The number of halogens is 1. The van der Waals surface area contributed by atoms with Crippen LogP contribution in [0.1, 0.15) is 47.5 Å². The molecule has 1 aliphatic heterocycles. The molecule has 6 nitrogen and oxygen atoms in total. The number of hydrogen-bond acceptors (Lipinski definition) is 5. The van der Waals surface area contributed by atoms with Crippen LogP contribution in [0.3, 0.4) is 0 Å². The number of carbonyl (C=O) groups excluding carboxylic acids is 1. The van der Waals surface area contributed by atoms with E-state index in [0.717, 1.165) is 24.5 Å². The zero-order valence-corrected chi connectivity index (χ0v) is 18.6. The van der Waals surface area contributed by atoms with Crippen molar-refractivity contribution in [3.63, 3.8) is 0 Å². The van der Waals surface area contributed by atoms with Gasteiger partial charge in [-0.15, -0.1) is 0 Å². The van der Waals surface area contributed by atoms with Crippen molar-refractivity contribution in [2.24, 2.45) is 0 Å².